The molecule has 26 heavy (non-hydrogen) atoms. The van der Waals surface area contributed by atoms with E-state index in [1.807, 2.05) is 6.08 Å². The van der Waals surface area contributed by atoms with Gasteiger partial charge in [-0.3, -0.25) is 9.59 Å². The van der Waals surface area contributed by atoms with Crippen LogP contribution in [0.5, 0.6) is 0 Å². The summed E-state index contributed by atoms with van der Waals surface area (Å²) in [5.41, 5.74) is 1.17. The number of esters is 1. The number of carbonyl (C=O) groups excluding carboxylic acids is 2. The number of rotatable bonds is 6. The molecule has 0 bridgehead atoms. The van der Waals surface area contributed by atoms with Gasteiger partial charge >= 0.3 is 5.97 Å². The number of hydrogen-bond donors (Lipinski definition) is 1. The van der Waals surface area contributed by atoms with Gasteiger partial charge in [0.05, 0.1) is 13.2 Å². The minimum atomic E-state index is -0.240. The SMILES string of the molecule is CC(=O)OC[C@@]1(C)CCC[C@]2(C)[C@@H](CC/C(C)=C/CO)[C@H](C)C(=O)C[C@@H]12. The summed E-state index contributed by atoms with van der Waals surface area (Å²) >= 11 is 0. The molecule has 0 amide bonds. The predicted molar refractivity (Wildman–Crippen MR) is 103 cm³/mol. The van der Waals surface area contributed by atoms with Gasteiger partial charge in [0.15, 0.2) is 0 Å². The first-order valence-corrected chi connectivity index (χ1v) is 10.1. The first-order valence-electron chi connectivity index (χ1n) is 10.1. The molecule has 2 fully saturated rings. The highest BCUT2D eigenvalue weighted by Gasteiger charge is 2.57. The van der Waals surface area contributed by atoms with Crippen molar-refractivity contribution in [2.75, 3.05) is 13.2 Å². The topological polar surface area (TPSA) is 63.6 Å². The number of ether oxygens (including phenoxy) is 1. The van der Waals surface area contributed by atoms with E-state index < -0.39 is 0 Å². The highest BCUT2D eigenvalue weighted by Crippen LogP contribution is 2.61. The lowest BCUT2D eigenvalue weighted by Gasteiger charge is -2.59. The van der Waals surface area contributed by atoms with Gasteiger partial charge in [0.1, 0.15) is 5.78 Å². The van der Waals surface area contributed by atoms with E-state index in [0.717, 1.165) is 32.1 Å². The Morgan fingerprint density at radius 3 is 2.62 bits per heavy atom. The molecule has 0 radical (unpaired) electrons. The third-order valence-electron chi connectivity index (χ3n) is 7.36. The van der Waals surface area contributed by atoms with Crippen molar-refractivity contribution in [1.29, 1.82) is 0 Å². The monoisotopic (exact) mass is 364 g/mol. The fourth-order valence-electron chi connectivity index (χ4n) is 5.78. The van der Waals surface area contributed by atoms with Crippen LogP contribution in [-0.2, 0) is 14.3 Å². The summed E-state index contributed by atoms with van der Waals surface area (Å²) in [6.07, 6.45) is 7.64. The van der Waals surface area contributed by atoms with E-state index in [9.17, 15) is 9.59 Å². The van der Waals surface area contributed by atoms with Crippen molar-refractivity contribution in [2.45, 2.75) is 73.1 Å². The molecule has 2 saturated carbocycles. The molecule has 0 aromatic rings. The molecule has 4 heteroatoms. The van der Waals surface area contributed by atoms with Crippen LogP contribution >= 0.6 is 0 Å². The van der Waals surface area contributed by atoms with Gasteiger partial charge in [0, 0.05) is 24.7 Å². The second-order valence-electron chi connectivity index (χ2n) is 9.18. The van der Waals surface area contributed by atoms with Crippen LogP contribution in [0.15, 0.2) is 11.6 Å². The zero-order valence-corrected chi connectivity index (χ0v) is 17.1. The van der Waals surface area contributed by atoms with Crippen LogP contribution in [0.3, 0.4) is 0 Å². The summed E-state index contributed by atoms with van der Waals surface area (Å²) < 4.78 is 5.42. The van der Waals surface area contributed by atoms with E-state index in [0.29, 0.717) is 24.7 Å². The molecular weight excluding hydrogens is 328 g/mol. The van der Waals surface area contributed by atoms with Gasteiger partial charge in [-0.05, 0) is 49.9 Å². The largest absolute Gasteiger partial charge is 0.465 e. The summed E-state index contributed by atoms with van der Waals surface area (Å²) in [5.74, 6) is 0.800. The van der Waals surface area contributed by atoms with Crippen molar-refractivity contribution in [2.24, 2.45) is 28.6 Å². The molecule has 2 aliphatic carbocycles. The molecule has 2 rings (SSSR count). The summed E-state index contributed by atoms with van der Waals surface area (Å²) in [6, 6.07) is 0. The lowest BCUT2D eigenvalue weighted by molar-refractivity contribution is -0.163. The van der Waals surface area contributed by atoms with Crippen molar-refractivity contribution < 1.29 is 19.4 Å². The van der Waals surface area contributed by atoms with Crippen LogP contribution in [0.25, 0.3) is 0 Å². The molecule has 0 aromatic heterocycles. The van der Waals surface area contributed by atoms with Crippen LogP contribution in [0, 0.1) is 28.6 Å². The van der Waals surface area contributed by atoms with E-state index in [4.69, 9.17) is 9.84 Å². The zero-order chi connectivity index (χ0) is 19.5. The summed E-state index contributed by atoms with van der Waals surface area (Å²) in [5, 5.41) is 9.11. The van der Waals surface area contributed by atoms with Gasteiger partial charge in [-0.1, -0.05) is 38.8 Å². The van der Waals surface area contributed by atoms with Crippen molar-refractivity contribution >= 4 is 11.8 Å². The second-order valence-corrected chi connectivity index (χ2v) is 9.18. The molecule has 4 nitrogen and oxygen atoms in total. The van der Waals surface area contributed by atoms with Crippen LogP contribution < -0.4 is 0 Å². The molecule has 148 valence electrons. The maximum absolute atomic E-state index is 12.8. The molecule has 0 spiro atoms. The normalized spacial score (nSPS) is 38.0. The van der Waals surface area contributed by atoms with E-state index in [1.54, 1.807) is 0 Å². The standard InChI is InChI=1S/C22H36O4/c1-15(9-12-23)7-8-18-16(2)19(25)13-20-21(4,14-26-17(3)24)10-6-11-22(18,20)5/h9,16,18,20,23H,6-8,10-14H2,1-5H3/b15-9+/t16-,18-,20-,21+,22+/m0/s1. The van der Waals surface area contributed by atoms with Gasteiger partial charge in [-0.25, -0.2) is 0 Å². The number of aliphatic hydroxyl groups excluding tert-OH is 1. The molecule has 2 aliphatic rings. The average molecular weight is 365 g/mol. The Bertz CT molecular complexity index is 566. The molecule has 0 aromatic carbocycles. The number of carbonyl (C=O) groups is 2. The van der Waals surface area contributed by atoms with E-state index in [-0.39, 0.29) is 35.2 Å². The lowest BCUT2D eigenvalue weighted by Crippen LogP contribution is -2.56. The lowest BCUT2D eigenvalue weighted by atomic mass is 9.45. The van der Waals surface area contributed by atoms with Gasteiger partial charge < -0.3 is 9.84 Å². The summed E-state index contributed by atoms with van der Waals surface area (Å²) in [4.78, 5) is 24.2. The van der Waals surface area contributed by atoms with Crippen molar-refractivity contribution in [3.8, 4) is 0 Å². The first kappa shape index (κ1) is 21.1. The fourth-order valence-corrected chi connectivity index (χ4v) is 5.78. The molecule has 0 heterocycles. The number of aliphatic hydroxyl groups is 1. The van der Waals surface area contributed by atoms with Crippen LogP contribution in [0.1, 0.15) is 73.1 Å². The van der Waals surface area contributed by atoms with Gasteiger partial charge in [0.2, 0.25) is 0 Å². The Hall–Kier alpha value is -1.16. The Kier molecular flexibility index (Phi) is 6.70. The summed E-state index contributed by atoms with van der Waals surface area (Å²) in [7, 11) is 0. The number of allylic oxidation sites excluding steroid dienone is 1. The Morgan fingerprint density at radius 2 is 2.00 bits per heavy atom. The third kappa shape index (κ3) is 4.21. The fraction of sp³-hybridized carbons (Fsp3) is 0.818. The van der Waals surface area contributed by atoms with Crippen molar-refractivity contribution in [3.05, 3.63) is 11.6 Å². The number of fused-ring (bicyclic) bond motifs is 1. The Balaban J connectivity index is 2.27. The van der Waals surface area contributed by atoms with Gasteiger partial charge in [0.25, 0.3) is 0 Å². The maximum Gasteiger partial charge on any atom is 0.302 e. The van der Waals surface area contributed by atoms with Crippen molar-refractivity contribution in [1.82, 2.24) is 0 Å². The van der Waals surface area contributed by atoms with Crippen LogP contribution in [-0.4, -0.2) is 30.1 Å². The minimum Gasteiger partial charge on any atom is -0.465 e. The second kappa shape index (κ2) is 8.24. The molecule has 5 atom stereocenters. The highest BCUT2D eigenvalue weighted by molar-refractivity contribution is 5.82. The smallest absolute Gasteiger partial charge is 0.302 e. The quantitative estimate of drug-likeness (QED) is 0.563. The number of hydrogen-bond acceptors (Lipinski definition) is 4. The van der Waals surface area contributed by atoms with E-state index in [1.165, 1.54) is 12.5 Å². The molecule has 0 unspecified atom stereocenters. The molecule has 1 N–H and O–H groups in total. The van der Waals surface area contributed by atoms with Crippen LogP contribution in [0.2, 0.25) is 0 Å². The predicted octanol–water partition coefficient (Wildman–Crippen LogP) is 4.31. The summed E-state index contributed by atoms with van der Waals surface area (Å²) in [6.45, 7) is 10.7. The first-order chi connectivity index (χ1) is 12.1. The van der Waals surface area contributed by atoms with Crippen LogP contribution in [0.4, 0.5) is 0 Å². The van der Waals surface area contributed by atoms with Gasteiger partial charge in [-0.15, -0.1) is 0 Å². The van der Waals surface area contributed by atoms with E-state index >= 15 is 0 Å². The minimum absolute atomic E-state index is 0.0747. The van der Waals surface area contributed by atoms with Crippen molar-refractivity contribution in [3.63, 3.8) is 0 Å². The highest BCUT2D eigenvalue weighted by atomic mass is 16.5. The zero-order valence-electron chi connectivity index (χ0n) is 17.1. The molecule has 0 aliphatic heterocycles. The maximum atomic E-state index is 12.8. The number of Topliss-reactive ketones (excluding diaryl/α,β-unsaturated/α-hetero) is 1. The third-order valence-corrected chi connectivity index (χ3v) is 7.36. The van der Waals surface area contributed by atoms with Gasteiger partial charge in [-0.2, -0.15) is 0 Å². The Morgan fingerprint density at radius 1 is 1.31 bits per heavy atom. The Labute approximate surface area is 158 Å². The average Bonchev–Trinajstić information content (AvgIpc) is 2.56. The van der Waals surface area contributed by atoms with E-state index in [2.05, 4.69) is 27.7 Å². The molecular formula is C22H36O4. The number of ketones is 1. The molecule has 0 saturated heterocycles.